The number of carbonyl (C=O) groups excluding carboxylic acids is 3. The summed E-state index contributed by atoms with van der Waals surface area (Å²) in [6, 6.07) is 0. The van der Waals surface area contributed by atoms with E-state index < -0.39 is 11.7 Å². The van der Waals surface area contributed by atoms with Gasteiger partial charge in [0, 0.05) is 12.0 Å². The van der Waals surface area contributed by atoms with E-state index in [2.05, 4.69) is 0 Å². The summed E-state index contributed by atoms with van der Waals surface area (Å²) in [5.74, 6) is -1.28. The molecule has 0 aromatic carbocycles. The van der Waals surface area contributed by atoms with Gasteiger partial charge in [0.1, 0.15) is 0 Å². The molecule has 0 heterocycles. The van der Waals surface area contributed by atoms with Crippen molar-refractivity contribution < 1.29 is 14.4 Å². The van der Waals surface area contributed by atoms with Crippen LogP contribution in [0.3, 0.4) is 0 Å². The highest BCUT2D eigenvalue weighted by molar-refractivity contribution is 6.48. The number of hydrogen-bond donors (Lipinski definition) is 1. The van der Waals surface area contributed by atoms with Crippen molar-refractivity contribution in [2.45, 2.75) is 12.8 Å². The van der Waals surface area contributed by atoms with E-state index in [4.69, 9.17) is 17.3 Å². The molecule has 0 spiro atoms. The Labute approximate surface area is 85.4 Å². The van der Waals surface area contributed by atoms with Crippen LogP contribution < -0.4 is 5.73 Å². The number of amides is 1. The fourth-order valence-corrected chi connectivity index (χ4v) is 1.31. The first kappa shape index (κ1) is 10.7. The first-order valence-electron chi connectivity index (χ1n) is 3.96. The maximum absolute atomic E-state index is 11.2. The molecule has 1 aliphatic carbocycles. The van der Waals surface area contributed by atoms with Gasteiger partial charge in [-0.3, -0.25) is 14.4 Å². The average Bonchev–Trinajstić information content (AvgIpc) is 2.11. The van der Waals surface area contributed by atoms with E-state index >= 15 is 0 Å². The predicted molar refractivity (Wildman–Crippen MR) is 50.5 cm³/mol. The first-order chi connectivity index (χ1) is 6.52. The van der Waals surface area contributed by atoms with Crippen LogP contribution in [-0.4, -0.2) is 17.5 Å². The van der Waals surface area contributed by atoms with E-state index in [1.165, 1.54) is 0 Å². The summed E-state index contributed by atoms with van der Waals surface area (Å²) in [5, 5.41) is -0.112. The summed E-state index contributed by atoms with van der Waals surface area (Å²) in [5.41, 5.74) is 5.08. The van der Waals surface area contributed by atoms with E-state index in [1.54, 1.807) is 0 Å². The number of rotatable bonds is 3. The normalized spacial score (nSPS) is 16.4. The molecule has 0 saturated carbocycles. The van der Waals surface area contributed by atoms with Crippen LogP contribution in [0.5, 0.6) is 0 Å². The highest BCUT2D eigenvalue weighted by atomic mass is 35.5. The molecule has 74 valence electrons. The van der Waals surface area contributed by atoms with Crippen LogP contribution in [0.2, 0.25) is 0 Å². The molecule has 0 saturated heterocycles. The number of allylic oxidation sites excluding steroid dienone is 4. The monoisotopic (exact) mass is 213 g/mol. The summed E-state index contributed by atoms with van der Waals surface area (Å²) in [7, 11) is 0. The Morgan fingerprint density at radius 1 is 1.29 bits per heavy atom. The molecule has 0 atom stereocenters. The zero-order valence-corrected chi connectivity index (χ0v) is 8.00. The van der Waals surface area contributed by atoms with Gasteiger partial charge in [0.15, 0.2) is 11.6 Å². The standard InChI is InChI=1S/C9H8ClNO3/c10-9-5(1-4-8(11)14)6(12)2-3-7(9)13/h2-3H,1,4H2,(H2,11,14). The second-order valence-corrected chi connectivity index (χ2v) is 3.20. The fraction of sp³-hybridized carbons (Fsp3) is 0.222. The van der Waals surface area contributed by atoms with Crippen molar-refractivity contribution in [3.63, 3.8) is 0 Å². The number of carbonyl (C=O) groups is 3. The molecule has 0 aliphatic heterocycles. The largest absolute Gasteiger partial charge is 0.370 e. The first-order valence-corrected chi connectivity index (χ1v) is 4.34. The highest BCUT2D eigenvalue weighted by Crippen LogP contribution is 2.21. The topological polar surface area (TPSA) is 77.2 Å². The molecule has 0 unspecified atom stereocenters. The summed E-state index contributed by atoms with van der Waals surface area (Å²) in [6.07, 6.45) is 2.38. The van der Waals surface area contributed by atoms with Gasteiger partial charge in [-0.15, -0.1) is 0 Å². The van der Waals surface area contributed by atoms with Crippen LogP contribution >= 0.6 is 11.6 Å². The van der Waals surface area contributed by atoms with Crippen molar-refractivity contribution in [1.29, 1.82) is 0 Å². The molecule has 0 fully saturated rings. The fourth-order valence-electron chi connectivity index (χ4n) is 1.06. The molecule has 0 aromatic heterocycles. The lowest BCUT2D eigenvalue weighted by atomic mass is 9.99. The lowest BCUT2D eigenvalue weighted by molar-refractivity contribution is -0.118. The van der Waals surface area contributed by atoms with Gasteiger partial charge in [-0.1, -0.05) is 11.6 Å². The molecule has 1 amide bonds. The van der Waals surface area contributed by atoms with E-state index in [0.29, 0.717) is 0 Å². The third kappa shape index (κ3) is 2.29. The van der Waals surface area contributed by atoms with Gasteiger partial charge >= 0.3 is 0 Å². The number of ketones is 2. The van der Waals surface area contributed by atoms with Crippen LogP contribution in [0, 0.1) is 0 Å². The van der Waals surface area contributed by atoms with Crippen LogP contribution in [0.15, 0.2) is 22.8 Å². The molecule has 1 rings (SSSR count). The lowest BCUT2D eigenvalue weighted by Gasteiger charge is -2.08. The number of halogens is 1. The van der Waals surface area contributed by atoms with Crippen LogP contribution in [0.4, 0.5) is 0 Å². The van der Waals surface area contributed by atoms with Crippen LogP contribution in [-0.2, 0) is 14.4 Å². The second kappa shape index (κ2) is 4.19. The Morgan fingerprint density at radius 2 is 1.86 bits per heavy atom. The maximum Gasteiger partial charge on any atom is 0.217 e. The van der Waals surface area contributed by atoms with Crippen molar-refractivity contribution in [2.75, 3.05) is 0 Å². The highest BCUT2D eigenvalue weighted by Gasteiger charge is 2.20. The van der Waals surface area contributed by atoms with Gasteiger partial charge in [0.25, 0.3) is 0 Å². The Hall–Kier alpha value is -1.42. The van der Waals surface area contributed by atoms with Crippen molar-refractivity contribution in [3.8, 4) is 0 Å². The smallest absolute Gasteiger partial charge is 0.217 e. The summed E-state index contributed by atoms with van der Waals surface area (Å²) in [4.78, 5) is 32.8. The Morgan fingerprint density at radius 3 is 2.43 bits per heavy atom. The van der Waals surface area contributed by atoms with E-state index in [-0.39, 0.29) is 29.2 Å². The molecular formula is C9H8ClNO3. The summed E-state index contributed by atoms with van der Waals surface area (Å²) in [6.45, 7) is 0. The minimum Gasteiger partial charge on any atom is -0.370 e. The molecule has 2 N–H and O–H groups in total. The van der Waals surface area contributed by atoms with E-state index in [9.17, 15) is 14.4 Å². The molecule has 14 heavy (non-hydrogen) atoms. The van der Waals surface area contributed by atoms with Gasteiger partial charge in [0.2, 0.25) is 5.91 Å². The number of hydrogen-bond acceptors (Lipinski definition) is 3. The summed E-state index contributed by atoms with van der Waals surface area (Å²) >= 11 is 5.62. The molecule has 0 aromatic rings. The molecular weight excluding hydrogens is 206 g/mol. The van der Waals surface area contributed by atoms with E-state index in [1.807, 2.05) is 0 Å². The van der Waals surface area contributed by atoms with Crippen molar-refractivity contribution in [3.05, 3.63) is 22.8 Å². The minimum absolute atomic E-state index is 0.0123. The van der Waals surface area contributed by atoms with Gasteiger partial charge in [0.05, 0.1) is 5.03 Å². The summed E-state index contributed by atoms with van der Waals surface area (Å²) < 4.78 is 0. The minimum atomic E-state index is -0.531. The zero-order chi connectivity index (χ0) is 10.7. The van der Waals surface area contributed by atoms with E-state index in [0.717, 1.165) is 12.2 Å². The van der Waals surface area contributed by atoms with Gasteiger partial charge in [-0.05, 0) is 18.6 Å². The van der Waals surface area contributed by atoms with Crippen LogP contribution in [0.1, 0.15) is 12.8 Å². The van der Waals surface area contributed by atoms with Gasteiger partial charge < -0.3 is 5.73 Å². The SMILES string of the molecule is NC(=O)CCC1=C(Cl)C(=O)C=CC1=O. The Balaban J connectivity index is 2.83. The Kier molecular flexibility index (Phi) is 3.19. The van der Waals surface area contributed by atoms with Crippen molar-refractivity contribution >= 4 is 29.1 Å². The van der Waals surface area contributed by atoms with Gasteiger partial charge in [-0.25, -0.2) is 0 Å². The maximum atomic E-state index is 11.2. The molecule has 5 heteroatoms. The average molecular weight is 214 g/mol. The molecule has 4 nitrogen and oxygen atoms in total. The van der Waals surface area contributed by atoms with Crippen molar-refractivity contribution in [1.82, 2.24) is 0 Å². The number of nitrogens with two attached hydrogens (primary N) is 1. The number of primary amides is 1. The lowest BCUT2D eigenvalue weighted by Crippen LogP contribution is -2.15. The zero-order valence-electron chi connectivity index (χ0n) is 7.25. The van der Waals surface area contributed by atoms with Crippen molar-refractivity contribution in [2.24, 2.45) is 5.73 Å². The third-order valence-electron chi connectivity index (χ3n) is 1.79. The second-order valence-electron chi connectivity index (χ2n) is 2.82. The quantitative estimate of drug-likeness (QED) is 0.692. The third-order valence-corrected chi connectivity index (χ3v) is 2.20. The molecule has 0 bridgehead atoms. The Bertz CT molecular complexity index is 368. The van der Waals surface area contributed by atoms with Gasteiger partial charge in [-0.2, -0.15) is 0 Å². The predicted octanol–water partition coefficient (Wildman–Crippen LogP) is 0.453. The molecule has 0 radical (unpaired) electrons. The van der Waals surface area contributed by atoms with Crippen LogP contribution in [0.25, 0.3) is 0 Å². The molecule has 1 aliphatic rings.